The second kappa shape index (κ2) is 9.92. The second-order valence-corrected chi connectivity index (χ2v) is 12.8. The van der Waals surface area contributed by atoms with Crippen LogP contribution in [0, 0.1) is 0 Å². The standard InChI is InChI=1S/C23H25NO6S3/c1-2-29-19-8-11-22(12-9-19)33(27,28)24(18-14-15-32(25,26)17-18)16-20-10-13-23(30-20)31-21-6-4-3-5-7-21/h3-13,18H,2,14-17H2,1H3/t18-/m0/s1. The maximum Gasteiger partial charge on any atom is 0.243 e. The first-order chi connectivity index (χ1) is 15.8. The molecule has 0 N–H and O–H groups in total. The molecule has 0 saturated carbocycles. The minimum atomic E-state index is -3.97. The van der Waals surface area contributed by atoms with Gasteiger partial charge in [0.2, 0.25) is 10.0 Å². The predicted octanol–water partition coefficient (Wildman–Crippen LogP) is 4.21. The molecule has 0 unspecified atom stereocenters. The Morgan fingerprint density at radius 1 is 1.06 bits per heavy atom. The maximum absolute atomic E-state index is 13.5. The molecule has 1 aliphatic heterocycles. The van der Waals surface area contributed by atoms with E-state index in [9.17, 15) is 16.8 Å². The van der Waals surface area contributed by atoms with Crippen LogP contribution in [0.2, 0.25) is 0 Å². The van der Waals surface area contributed by atoms with Crippen molar-refractivity contribution in [3.63, 3.8) is 0 Å². The highest BCUT2D eigenvalue weighted by molar-refractivity contribution is 7.99. The van der Waals surface area contributed by atoms with Crippen LogP contribution >= 0.6 is 11.8 Å². The zero-order valence-corrected chi connectivity index (χ0v) is 20.5. The molecule has 1 aromatic heterocycles. The summed E-state index contributed by atoms with van der Waals surface area (Å²) in [5.74, 6) is 0.794. The summed E-state index contributed by atoms with van der Waals surface area (Å²) >= 11 is 1.43. The number of sulfonamides is 1. The molecule has 7 nitrogen and oxygen atoms in total. The van der Waals surface area contributed by atoms with E-state index in [1.807, 2.05) is 37.3 Å². The van der Waals surface area contributed by atoms with Gasteiger partial charge >= 0.3 is 0 Å². The Morgan fingerprint density at radius 2 is 1.79 bits per heavy atom. The van der Waals surface area contributed by atoms with Crippen molar-refractivity contribution in [2.24, 2.45) is 0 Å². The molecule has 4 rings (SSSR count). The van der Waals surface area contributed by atoms with Crippen LogP contribution in [-0.4, -0.2) is 45.3 Å². The molecule has 1 fully saturated rings. The van der Waals surface area contributed by atoms with Crippen LogP contribution in [0.1, 0.15) is 19.1 Å². The molecule has 0 bridgehead atoms. The van der Waals surface area contributed by atoms with Gasteiger partial charge in [-0.2, -0.15) is 4.31 Å². The van der Waals surface area contributed by atoms with Gasteiger partial charge in [0.1, 0.15) is 11.5 Å². The molecule has 3 aromatic rings. The lowest BCUT2D eigenvalue weighted by molar-refractivity contribution is 0.296. The van der Waals surface area contributed by atoms with Gasteiger partial charge in [-0.1, -0.05) is 30.0 Å². The average Bonchev–Trinajstić information content (AvgIpc) is 3.38. The van der Waals surface area contributed by atoms with Gasteiger partial charge in [-0.3, -0.25) is 0 Å². The molecule has 1 saturated heterocycles. The lowest BCUT2D eigenvalue weighted by Crippen LogP contribution is -2.40. The summed E-state index contributed by atoms with van der Waals surface area (Å²) in [5, 5.41) is 0.633. The summed E-state index contributed by atoms with van der Waals surface area (Å²) in [5.41, 5.74) is 0. The summed E-state index contributed by atoms with van der Waals surface area (Å²) in [7, 11) is -7.25. The molecule has 0 spiro atoms. The van der Waals surface area contributed by atoms with Crippen LogP contribution in [0.4, 0.5) is 0 Å². The third kappa shape index (κ3) is 5.81. The van der Waals surface area contributed by atoms with Gasteiger partial charge in [0.15, 0.2) is 14.9 Å². The molecule has 2 heterocycles. The third-order valence-corrected chi connectivity index (χ3v) is 9.86. The van der Waals surface area contributed by atoms with E-state index >= 15 is 0 Å². The minimum Gasteiger partial charge on any atom is -0.494 e. The van der Waals surface area contributed by atoms with Crippen LogP contribution in [0.3, 0.4) is 0 Å². The summed E-state index contributed by atoms with van der Waals surface area (Å²) in [6.45, 7) is 2.27. The second-order valence-electron chi connectivity index (χ2n) is 7.65. The van der Waals surface area contributed by atoms with E-state index in [1.165, 1.54) is 28.2 Å². The normalized spacial score (nSPS) is 17.9. The van der Waals surface area contributed by atoms with Crippen LogP contribution < -0.4 is 4.74 Å². The van der Waals surface area contributed by atoms with E-state index in [0.29, 0.717) is 23.2 Å². The van der Waals surface area contributed by atoms with E-state index in [0.717, 1.165) is 4.90 Å². The summed E-state index contributed by atoms with van der Waals surface area (Å²) < 4.78 is 63.9. The first-order valence-corrected chi connectivity index (χ1v) is 14.6. The fraction of sp³-hybridized carbons (Fsp3) is 0.304. The lowest BCUT2D eigenvalue weighted by Gasteiger charge is -2.26. The number of nitrogens with zero attached hydrogens (tertiary/aromatic N) is 1. The molecule has 0 amide bonds. The van der Waals surface area contributed by atoms with Gasteiger partial charge in [0.05, 0.1) is 29.6 Å². The van der Waals surface area contributed by atoms with E-state index in [4.69, 9.17) is 9.15 Å². The Balaban J connectivity index is 1.60. The first-order valence-electron chi connectivity index (χ1n) is 10.5. The Kier molecular flexibility index (Phi) is 7.18. The number of hydrogen-bond acceptors (Lipinski definition) is 7. The average molecular weight is 508 g/mol. The highest BCUT2D eigenvalue weighted by Gasteiger charge is 2.39. The van der Waals surface area contributed by atoms with Crippen molar-refractivity contribution >= 4 is 31.6 Å². The van der Waals surface area contributed by atoms with Gasteiger partial charge in [0, 0.05) is 10.9 Å². The molecule has 10 heteroatoms. The highest BCUT2D eigenvalue weighted by Crippen LogP contribution is 2.32. The van der Waals surface area contributed by atoms with Crippen LogP contribution in [0.25, 0.3) is 0 Å². The van der Waals surface area contributed by atoms with Gasteiger partial charge in [-0.15, -0.1) is 0 Å². The van der Waals surface area contributed by atoms with Crippen molar-refractivity contribution in [2.45, 2.75) is 40.8 Å². The smallest absolute Gasteiger partial charge is 0.243 e. The number of ether oxygens (including phenoxy) is 1. The molecule has 0 aliphatic carbocycles. The zero-order valence-electron chi connectivity index (χ0n) is 18.1. The fourth-order valence-electron chi connectivity index (χ4n) is 3.68. The van der Waals surface area contributed by atoms with Crippen molar-refractivity contribution in [3.05, 3.63) is 72.5 Å². The summed E-state index contributed by atoms with van der Waals surface area (Å²) in [4.78, 5) is 1.08. The molecule has 33 heavy (non-hydrogen) atoms. The van der Waals surface area contributed by atoms with E-state index in [1.54, 1.807) is 24.3 Å². The molecular weight excluding hydrogens is 482 g/mol. The van der Waals surface area contributed by atoms with Gasteiger partial charge in [-0.05, 0) is 61.9 Å². The zero-order chi connectivity index (χ0) is 23.5. The maximum atomic E-state index is 13.5. The number of rotatable bonds is 9. The topological polar surface area (TPSA) is 93.9 Å². The van der Waals surface area contributed by atoms with Crippen molar-refractivity contribution in [3.8, 4) is 5.75 Å². The van der Waals surface area contributed by atoms with Gasteiger partial charge in [-0.25, -0.2) is 16.8 Å². The first kappa shape index (κ1) is 23.9. The van der Waals surface area contributed by atoms with Crippen molar-refractivity contribution in [2.75, 3.05) is 18.1 Å². The number of hydrogen-bond donors (Lipinski definition) is 0. The third-order valence-electron chi connectivity index (χ3n) is 5.27. The molecule has 1 atom stereocenters. The molecule has 1 aliphatic rings. The quantitative estimate of drug-likeness (QED) is 0.428. The Morgan fingerprint density at radius 3 is 2.42 bits per heavy atom. The predicted molar refractivity (Wildman–Crippen MR) is 127 cm³/mol. The summed E-state index contributed by atoms with van der Waals surface area (Å²) in [6.07, 6.45) is 0.255. The molecule has 0 radical (unpaired) electrons. The molecule has 176 valence electrons. The number of furan rings is 1. The largest absolute Gasteiger partial charge is 0.494 e. The monoisotopic (exact) mass is 507 g/mol. The molecule has 2 aromatic carbocycles. The van der Waals surface area contributed by atoms with Crippen LogP contribution in [-0.2, 0) is 26.4 Å². The van der Waals surface area contributed by atoms with Crippen molar-refractivity contribution in [1.82, 2.24) is 4.31 Å². The Hall–Kier alpha value is -2.27. The van der Waals surface area contributed by atoms with Crippen molar-refractivity contribution in [1.29, 1.82) is 0 Å². The fourth-order valence-corrected chi connectivity index (χ4v) is 7.93. The van der Waals surface area contributed by atoms with Gasteiger partial charge in [0.25, 0.3) is 0 Å². The summed E-state index contributed by atoms with van der Waals surface area (Å²) in [6, 6.07) is 18.7. The number of benzene rings is 2. The Labute approximate surface area is 198 Å². The van der Waals surface area contributed by atoms with Crippen LogP contribution in [0.15, 0.2) is 86.0 Å². The van der Waals surface area contributed by atoms with Crippen molar-refractivity contribution < 1.29 is 26.0 Å². The van der Waals surface area contributed by atoms with E-state index in [-0.39, 0.29) is 29.4 Å². The van der Waals surface area contributed by atoms with E-state index < -0.39 is 25.9 Å². The van der Waals surface area contributed by atoms with E-state index in [2.05, 4.69) is 0 Å². The number of sulfone groups is 1. The minimum absolute atomic E-state index is 0.0276. The SMILES string of the molecule is CCOc1ccc(S(=O)(=O)N(Cc2ccc(Sc3ccccc3)o2)[C@H]2CCS(=O)(=O)C2)cc1. The lowest BCUT2D eigenvalue weighted by atomic mass is 10.2. The molecular formula is C23H25NO6S3. The highest BCUT2D eigenvalue weighted by atomic mass is 32.2. The van der Waals surface area contributed by atoms with Gasteiger partial charge < -0.3 is 9.15 Å². The Bertz CT molecular complexity index is 1290. The van der Waals surface area contributed by atoms with Crippen LogP contribution in [0.5, 0.6) is 5.75 Å².